The molecule has 1 aliphatic heterocycles. The molecule has 0 aromatic carbocycles. The third kappa shape index (κ3) is 3.38. The molecule has 1 saturated heterocycles. The molecule has 0 aliphatic carbocycles. The number of ether oxygens (including phenoxy) is 1. The Labute approximate surface area is 114 Å². The number of methoxy groups -OCH3 is 1. The van der Waals surface area contributed by atoms with E-state index in [2.05, 4.69) is 11.2 Å². The second-order valence-electron chi connectivity index (χ2n) is 4.80. The van der Waals surface area contributed by atoms with Crippen LogP contribution in [0.1, 0.15) is 12.8 Å². The van der Waals surface area contributed by atoms with Crippen LogP contribution in [-0.2, 0) is 9.53 Å². The number of esters is 1. The van der Waals surface area contributed by atoms with E-state index in [0.717, 1.165) is 0 Å². The van der Waals surface area contributed by atoms with Crippen molar-refractivity contribution in [1.29, 1.82) is 0 Å². The Hall–Kier alpha value is -1.74. The number of hydrogen-bond donors (Lipinski definition) is 1. The number of urea groups is 1. The lowest BCUT2D eigenvalue weighted by Crippen LogP contribution is -2.60. The number of likely N-dealkylation sites (tertiary alicyclic amines) is 1. The molecule has 1 fully saturated rings. The largest absolute Gasteiger partial charge is 0.468 e. The number of rotatable bonds is 3. The Balaban J connectivity index is 2.72. The molecule has 6 nitrogen and oxygen atoms in total. The van der Waals surface area contributed by atoms with E-state index in [4.69, 9.17) is 11.2 Å². The molecule has 0 unspecified atom stereocenters. The minimum Gasteiger partial charge on any atom is -0.468 e. The van der Waals surface area contributed by atoms with Gasteiger partial charge in [-0.05, 0) is 12.8 Å². The molecular formula is C13H21N3O3. The highest BCUT2D eigenvalue weighted by Gasteiger charge is 2.42. The third-order valence-corrected chi connectivity index (χ3v) is 3.38. The third-order valence-electron chi connectivity index (χ3n) is 3.38. The SMILES string of the molecule is C#CCNC1(C(=O)OC)CCN(C(=O)N(C)C)CC1. The summed E-state index contributed by atoms with van der Waals surface area (Å²) >= 11 is 0. The summed E-state index contributed by atoms with van der Waals surface area (Å²) in [7, 11) is 4.78. The van der Waals surface area contributed by atoms with E-state index in [-0.39, 0.29) is 12.0 Å². The summed E-state index contributed by atoms with van der Waals surface area (Å²) < 4.78 is 4.85. The van der Waals surface area contributed by atoms with Gasteiger partial charge in [-0.3, -0.25) is 10.1 Å². The van der Waals surface area contributed by atoms with Gasteiger partial charge >= 0.3 is 12.0 Å². The van der Waals surface area contributed by atoms with Gasteiger partial charge in [-0.15, -0.1) is 6.42 Å². The van der Waals surface area contributed by atoms with Crippen LogP contribution in [0.15, 0.2) is 0 Å². The van der Waals surface area contributed by atoms with Crippen molar-refractivity contribution < 1.29 is 14.3 Å². The summed E-state index contributed by atoms with van der Waals surface area (Å²) in [4.78, 5) is 27.0. The Bertz CT molecular complexity index is 379. The number of nitrogens with one attached hydrogen (secondary N) is 1. The summed E-state index contributed by atoms with van der Waals surface area (Å²) in [5, 5.41) is 3.06. The first kappa shape index (κ1) is 15.3. The highest BCUT2D eigenvalue weighted by Crippen LogP contribution is 2.24. The maximum absolute atomic E-state index is 11.9. The number of hydrogen-bond acceptors (Lipinski definition) is 4. The van der Waals surface area contributed by atoms with Gasteiger partial charge in [-0.1, -0.05) is 5.92 Å². The first-order chi connectivity index (χ1) is 8.96. The molecule has 0 saturated carbocycles. The van der Waals surface area contributed by atoms with Crippen LogP contribution in [0.3, 0.4) is 0 Å². The summed E-state index contributed by atoms with van der Waals surface area (Å²) in [6.07, 6.45) is 6.23. The average molecular weight is 267 g/mol. The Kier molecular flexibility index (Phi) is 5.19. The fourth-order valence-electron chi connectivity index (χ4n) is 2.23. The van der Waals surface area contributed by atoms with Crippen LogP contribution in [-0.4, -0.2) is 68.2 Å². The maximum Gasteiger partial charge on any atom is 0.326 e. The van der Waals surface area contributed by atoms with Crippen LogP contribution in [0.5, 0.6) is 0 Å². The van der Waals surface area contributed by atoms with Crippen molar-refractivity contribution in [2.45, 2.75) is 18.4 Å². The van der Waals surface area contributed by atoms with Gasteiger partial charge in [0.2, 0.25) is 0 Å². The highest BCUT2D eigenvalue weighted by atomic mass is 16.5. The topological polar surface area (TPSA) is 61.9 Å². The van der Waals surface area contributed by atoms with E-state index in [9.17, 15) is 9.59 Å². The molecule has 0 aromatic rings. The summed E-state index contributed by atoms with van der Waals surface area (Å²) in [6.45, 7) is 1.31. The lowest BCUT2D eigenvalue weighted by Gasteiger charge is -2.40. The average Bonchev–Trinajstić information content (AvgIpc) is 2.43. The second kappa shape index (κ2) is 6.43. The zero-order valence-electron chi connectivity index (χ0n) is 11.7. The van der Waals surface area contributed by atoms with Gasteiger partial charge in [-0.25, -0.2) is 4.79 Å². The number of piperidine rings is 1. The fraction of sp³-hybridized carbons (Fsp3) is 0.692. The molecule has 0 radical (unpaired) electrons. The Morgan fingerprint density at radius 3 is 2.42 bits per heavy atom. The van der Waals surface area contributed by atoms with Crippen LogP contribution in [0.2, 0.25) is 0 Å². The predicted octanol–water partition coefficient (Wildman–Crippen LogP) is -0.102. The molecule has 0 atom stereocenters. The van der Waals surface area contributed by atoms with Crippen LogP contribution in [0.25, 0.3) is 0 Å². The molecule has 0 spiro atoms. The van der Waals surface area contributed by atoms with Gasteiger partial charge in [0, 0.05) is 27.2 Å². The lowest BCUT2D eigenvalue weighted by molar-refractivity contribution is -0.150. The quantitative estimate of drug-likeness (QED) is 0.573. The highest BCUT2D eigenvalue weighted by molar-refractivity contribution is 5.82. The molecule has 1 heterocycles. The van der Waals surface area contributed by atoms with E-state index in [1.54, 1.807) is 19.0 Å². The Morgan fingerprint density at radius 1 is 1.42 bits per heavy atom. The van der Waals surface area contributed by atoms with Gasteiger partial charge in [0.05, 0.1) is 13.7 Å². The van der Waals surface area contributed by atoms with Crippen molar-refractivity contribution in [1.82, 2.24) is 15.1 Å². The molecule has 2 amide bonds. The molecule has 106 valence electrons. The van der Waals surface area contributed by atoms with Crippen molar-refractivity contribution in [3.05, 3.63) is 0 Å². The molecule has 0 aromatic heterocycles. The van der Waals surface area contributed by atoms with Crippen LogP contribution in [0, 0.1) is 12.3 Å². The van der Waals surface area contributed by atoms with Crippen molar-refractivity contribution in [2.75, 3.05) is 40.8 Å². The van der Waals surface area contributed by atoms with Gasteiger partial charge in [0.1, 0.15) is 5.54 Å². The molecule has 19 heavy (non-hydrogen) atoms. The van der Waals surface area contributed by atoms with Crippen molar-refractivity contribution >= 4 is 12.0 Å². The van der Waals surface area contributed by atoms with Crippen molar-refractivity contribution in [3.63, 3.8) is 0 Å². The Morgan fingerprint density at radius 2 is 2.00 bits per heavy atom. The van der Waals surface area contributed by atoms with Crippen LogP contribution in [0.4, 0.5) is 4.79 Å². The summed E-state index contributed by atoms with van der Waals surface area (Å²) in [5.74, 6) is 2.14. The first-order valence-electron chi connectivity index (χ1n) is 6.20. The second-order valence-corrected chi connectivity index (χ2v) is 4.80. The smallest absolute Gasteiger partial charge is 0.326 e. The predicted molar refractivity (Wildman–Crippen MR) is 71.5 cm³/mol. The first-order valence-corrected chi connectivity index (χ1v) is 6.20. The van der Waals surface area contributed by atoms with E-state index in [1.807, 2.05) is 0 Å². The minimum atomic E-state index is -0.774. The van der Waals surface area contributed by atoms with E-state index < -0.39 is 5.54 Å². The monoisotopic (exact) mass is 267 g/mol. The molecule has 0 bridgehead atoms. The number of nitrogens with zero attached hydrogens (tertiary/aromatic N) is 2. The van der Waals surface area contributed by atoms with Crippen molar-refractivity contribution in [3.8, 4) is 12.3 Å². The molecular weight excluding hydrogens is 246 g/mol. The normalized spacial score (nSPS) is 17.5. The van der Waals surface area contributed by atoms with E-state index in [1.165, 1.54) is 12.0 Å². The molecule has 1 N–H and O–H groups in total. The van der Waals surface area contributed by atoms with E-state index in [0.29, 0.717) is 32.5 Å². The minimum absolute atomic E-state index is 0.0459. The molecule has 1 aliphatic rings. The number of terminal acetylenes is 1. The number of carbonyl (C=O) groups excluding carboxylic acids is 2. The number of carbonyl (C=O) groups is 2. The maximum atomic E-state index is 11.9. The van der Waals surface area contributed by atoms with Crippen LogP contribution < -0.4 is 5.32 Å². The molecule has 6 heteroatoms. The zero-order valence-corrected chi connectivity index (χ0v) is 11.7. The van der Waals surface area contributed by atoms with Gasteiger partial charge in [0.25, 0.3) is 0 Å². The number of amides is 2. The lowest BCUT2D eigenvalue weighted by atomic mass is 9.87. The van der Waals surface area contributed by atoms with E-state index >= 15 is 0 Å². The standard InChI is InChI=1S/C13H21N3O3/c1-5-8-14-13(11(17)19-4)6-9-16(10-7-13)12(18)15(2)3/h1,14H,6-10H2,2-4H3. The summed E-state index contributed by atoms with van der Waals surface area (Å²) in [5.41, 5.74) is -0.774. The van der Waals surface area contributed by atoms with Gasteiger partial charge in [0.15, 0.2) is 0 Å². The summed E-state index contributed by atoms with van der Waals surface area (Å²) in [6, 6.07) is -0.0459. The molecule has 1 rings (SSSR count). The van der Waals surface area contributed by atoms with Crippen molar-refractivity contribution in [2.24, 2.45) is 0 Å². The van der Waals surface area contributed by atoms with Gasteiger partial charge < -0.3 is 14.5 Å². The fourth-order valence-corrected chi connectivity index (χ4v) is 2.23. The van der Waals surface area contributed by atoms with Gasteiger partial charge in [-0.2, -0.15) is 0 Å². The van der Waals surface area contributed by atoms with Crippen LogP contribution >= 0.6 is 0 Å². The zero-order chi connectivity index (χ0) is 14.5.